The maximum absolute atomic E-state index is 9.60. The minimum Gasteiger partial charge on any atom is -0.389 e. The number of nitrogens with zero attached hydrogens (tertiary/aromatic N) is 5. The first-order valence-electron chi connectivity index (χ1n) is 8.80. The summed E-state index contributed by atoms with van der Waals surface area (Å²) in [4.78, 5) is 18.3. The van der Waals surface area contributed by atoms with E-state index < -0.39 is 0 Å². The highest BCUT2D eigenvalue weighted by atomic mass is 32.1. The number of aliphatic hydroxyl groups is 1. The van der Waals surface area contributed by atoms with Crippen LogP contribution < -0.4 is 9.80 Å². The number of aliphatic hydroxyl groups excluding tert-OH is 1. The highest BCUT2D eigenvalue weighted by Gasteiger charge is 2.34. The van der Waals surface area contributed by atoms with Crippen LogP contribution in [0.1, 0.15) is 29.0 Å². The van der Waals surface area contributed by atoms with Crippen molar-refractivity contribution >= 4 is 23.1 Å². The molecule has 3 aliphatic rings. The molecule has 3 saturated heterocycles. The van der Waals surface area contributed by atoms with Crippen LogP contribution >= 0.6 is 11.3 Å². The molecule has 25 heavy (non-hydrogen) atoms. The zero-order valence-corrected chi connectivity index (χ0v) is 14.7. The van der Waals surface area contributed by atoms with Gasteiger partial charge in [0.05, 0.1) is 23.4 Å². The predicted molar refractivity (Wildman–Crippen MR) is 95.5 cm³/mol. The van der Waals surface area contributed by atoms with Gasteiger partial charge in [-0.3, -0.25) is 0 Å². The van der Waals surface area contributed by atoms with Crippen LogP contribution in [0.25, 0.3) is 0 Å². The molecule has 1 atom stereocenters. The Bertz CT molecular complexity index is 738. The SMILES string of the molecule is OC1CN(c2nc([C@H]3CCOC3)cc(N3CC(c4nccs4)C3)n2)C1. The first-order chi connectivity index (χ1) is 12.3. The van der Waals surface area contributed by atoms with Crippen molar-refractivity contribution in [1.29, 1.82) is 0 Å². The Kier molecular flexibility index (Phi) is 3.83. The quantitative estimate of drug-likeness (QED) is 0.880. The molecule has 0 unspecified atom stereocenters. The Balaban J connectivity index is 1.38. The molecule has 0 aliphatic carbocycles. The second-order valence-corrected chi connectivity index (χ2v) is 7.97. The monoisotopic (exact) mass is 359 g/mol. The van der Waals surface area contributed by atoms with Crippen LogP contribution in [-0.2, 0) is 4.74 Å². The maximum Gasteiger partial charge on any atom is 0.227 e. The number of aromatic nitrogens is 3. The Labute approximate surface area is 150 Å². The van der Waals surface area contributed by atoms with Gasteiger partial charge in [-0.05, 0) is 6.42 Å². The molecule has 0 amide bonds. The normalized spacial score (nSPS) is 24.4. The number of β-amino-alcohol motifs (C(OH)–C–C–N with tert-alkyl or cyclic N) is 1. The van der Waals surface area contributed by atoms with Gasteiger partial charge < -0.3 is 19.6 Å². The second kappa shape index (κ2) is 6.19. The summed E-state index contributed by atoms with van der Waals surface area (Å²) in [5.41, 5.74) is 1.07. The van der Waals surface area contributed by atoms with Gasteiger partial charge in [0.2, 0.25) is 5.95 Å². The van der Waals surface area contributed by atoms with E-state index in [1.165, 1.54) is 5.01 Å². The summed E-state index contributed by atoms with van der Waals surface area (Å²) >= 11 is 1.73. The summed E-state index contributed by atoms with van der Waals surface area (Å²) in [5.74, 6) is 2.58. The molecule has 2 aromatic rings. The van der Waals surface area contributed by atoms with Crippen molar-refractivity contribution in [3.63, 3.8) is 0 Å². The molecule has 0 saturated carbocycles. The molecule has 3 aliphatic heterocycles. The fourth-order valence-corrected chi connectivity index (χ4v) is 4.32. The van der Waals surface area contributed by atoms with Crippen molar-refractivity contribution in [2.45, 2.75) is 24.4 Å². The minimum atomic E-state index is -0.260. The lowest BCUT2D eigenvalue weighted by Crippen LogP contribution is -2.52. The molecule has 7 nitrogen and oxygen atoms in total. The number of rotatable bonds is 4. The van der Waals surface area contributed by atoms with E-state index in [9.17, 15) is 5.11 Å². The van der Waals surface area contributed by atoms with Crippen molar-refractivity contribution in [3.05, 3.63) is 28.3 Å². The van der Waals surface area contributed by atoms with E-state index in [0.29, 0.717) is 24.9 Å². The molecule has 132 valence electrons. The van der Waals surface area contributed by atoms with Crippen LogP contribution in [0.2, 0.25) is 0 Å². The van der Waals surface area contributed by atoms with Crippen LogP contribution in [0, 0.1) is 0 Å². The summed E-state index contributed by atoms with van der Waals surface area (Å²) in [7, 11) is 0. The van der Waals surface area contributed by atoms with E-state index in [2.05, 4.69) is 16.0 Å². The third kappa shape index (κ3) is 2.88. The van der Waals surface area contributed by atoms with Gasteiger partial charge in [0.15, 0.2) is 0 Å². The van der Waals surface area contributed by atoms with Gasteiger partial charge in [-0.1, -0.05) is 0 Å². The first-order valence-corrected chi connectivity index (χ1v) is 9.68. The van der Waals surface area contributed by atoms with E-state index >= 15 is 0 Å². The standard InChI is InChI=1S/C17H21N5O2S/c23-13-8-22(9-13)17-19-14(11-1-3-24-10-11)5-15(20-17)21-6-12(7-21)16-18-2-4-25-16/h2,4-5,11-13,23H,1,3,6-10H2/t11-/m0/s1. The second-order valence-electron chi connectivity index (χ2n) is 7.04. The van der Waals surface area contributed by atoms with Crippen molar-refractivity contribution in [2.24, 2.45) is 0 Å². The maximum atomic E-state index is 9.60. The van der Waals surface area contributed by atoms with Gasteiger partial charge in [0.1, 0.15) is 5.82 Å². The largest absolute Gasteiger partial charge is 0.389 e. The van der Waals surface area contributed by atoms with Crippen molar-refractivity contribution in [1.82, 2.24) is 15.0 Å². The van der Waals surface area contributed by atoms with Crippen molar-refractivity contribution in [3.8, 4) is 0 Å². The number of hydrogen-bond acceptors (Lipinski definition) is 8. The van der Waals surface area contributed by atoms with Gasteiger partial charge in [-0.15, -0.1) is 11.3 Å². The van der Waals surface area contributed by atoms with E-state index in [-0.39, 0.29) is 6.10 Å². The van der Waals surface area contributed by atoms with Gasteiger partial charge in [0, 0.05) is 62.3 Å². The molecule has 0 aromatic carbocycles. The Hall–Kier alpha value is -1.77. The van der Waals surface area contributed by atoms with Gasteiger partial charge >= 0.3 is 0 Å². The lowest BCUT2D eigenvalue weighted by molar-refractivity contribution is 0.140. The zero-order chi connectivity index (χ0) is 16.8. The molecule has 8 heteroatoms. The van der Waals surface area contributed by atoms with Gasteiger partial charge in [-0.2, -0.15) is 4.98 Å². The van der Waals surface area contributed by atoms with Crippen LogP contribution in [0.3, 0.4) is 0 Å². The van der Waals surface area contributed by atoms with Crippen LogP contribution in [-0.4, -0.2) is 65.6 Å². The summed E-state index contributed by atoms with van der Waals surface area (Å²) < 4.78 is 5.54. The van der Waals surface area contributed by atoms with Crippen molar-refractivity contribution < 1.29 is 9.84 Å². The average Bonchev–Trinajstić information content (AvgIpc) is 3.23. The Morgan fingerprint density at radius 3 is 2.68 bits per heavy atom. The predicted octanol–water partition coefficient (Wildman–Crippen LogP) is 1.22. The molecular formula is C17H21N5O2S. The molecule has 1 N–H and O–H groups in total. The Morgan fingerprint density at radius 1 is 1.12 bits per heavy atom. The third-order valence-corrected chi connectivity index (χ3v) is 6.16. The number of ether oxygens (including phenoxy) is 1. The lowest BCUT2D eigenvalue weighted by atomic mass is 10.00. The van der Waals surface area contributed by atoms with Crippen LogP contribution in [0.4, 0.5) is 11.8 Å². The molecule has 0 spiro atoms. The number of hydrogen-bond donors (Lipinski definition) is 1. The van der Waals surface area contributed by atoms with Gasteiger partial charge in [0.25, 0.3) is 0 Å². The Morgan fingerprint density at radius 2 is 2.00 bits per heavy atom. The van der Waals surface area contributed by atoms with E-state index in [1.54, 1.807) is 11.3 Å². The van der Waals surface area contributed by atoms with Gasteiger partial charge in [-0.25, -0.2) is 9.97 Å². The molecule has 0 radical (unpaired) electrons. The molecule has 3 fully saturated rings. The van der Waals surface area contributed by atoms with Crippen molar-refractivity contribution in [2.75, 3.05) is 49.2 Å². The minimum absolute atomic E-state index is 0.260. The average molecular weight is 359 g/mol. The zero-order valence-electron chi connectivity index (χ0n) is 13.9. The highest BCUT2D eigenvalue weighted by molar-refractivity contribution is 7.09. The molecule has 2 aromatic heterocycles. The molecule has 5 rings (SSSR count). The molecule has 0 bridgehead atoms. The lowest BCUT2D eigenvalue weighted by Gasteiger charge is -2.41. The smallest absolute Gasteiger partial charge is 0.227 e. The summed E-state index contributed by atoms with van der Waals surface area (Å²) in [5, 5.41) is 12.8. The van der Waals surface area contributed by atoms with Crippen LogP contribution in [0.15, 0.2) is 17.6 Å². The summed E-state index contributed by atoms with van der Waals surface area (Å²) in [6.07, 6.45) is 2.63. The van der Waals surface area contributed by atoms with E-state index in [4.69, 9.17) is 14.7 Å². The van der Waals surface area contributed by atoms with Crippen LogP contribution in [0.5, 0.6) is 0 Å². The highest BCUT2D eigenvalue weighted by Crippen LogP contribution is 2.35. The molecular weight excluding hydrogens is 338 g/mol. The van der Waals surface area contributed by atoms with E-state index in [1.807, 2.05) is 16.5 Å². The number of anilines is 2. The fraction of sp³-hybridized carbons (Fsp3) is 0.588. The van der Waals surface area contributed by atoms with E-state index in [0.717, 1.165) is 50.2 Å². The third-order valence-electron chi connectivity index (χ3n) is 5.22. The first kappa shape index (κ1) is 15.5. The summed E-state index contributed by atoms with van der Waals surface area (Å²) in [6, 6.07) is 2.12. The topological polar surface area (TPSA) is 74.6 Å². The molecule has 5 heterocycles. The fourth-order valence-electron chi connectivity index (χ4n) is 3.60. The summed E-state index contributed by atoms with van der Waals surface area (Å²) in [6.45, 7) is 4.68. The number of thiazole rings is 1.